The largest absolute Gasteiger partial charge is 0.353 e. The van der Waals surface area contributed by atoms with Crippen molar-refractivity contribution in [2.45, 2.75) is 63.5 Å². The minimum absolute atomic E-state index is 0.223. The molecule has 3 N–H and O–H groups in total. The van der Waals surface area contributed by atoms with Crippen LogP contribution < -0.4 is 11.1 Å². The summed E-state index contributed by atoms with van der Waals surface area (Å²) in [7, 11) is 0. The van der Waals surface area contributed by atoms with Crippen LogP contribution in [0.5, 0.6) is 0 Å². The first kappa shape index (κ1) is 13.8. The first-order valence-corrected chi connectivity index (χ1v) is 7.51. The van der Waals surface area contributed by atoms with Crippen LogP contribution in [-0.4, -0.2) is 42.5 Å². The van der Waals surface area contributed by atoms with Gasteiger partial charge in [0.2, 0.25) is 5.91 Å². The number of nitrogens with zero attached hydrogens (tertiary/aromatic N) is 1. The molecule has 4 heteroatoms. The van der Waals surface area contributed by atoms with E-state index in [0.29, 0.717) is 18.5 Å². The highest BCUT2D eigenvalue weighted by atomic mass is 16.1. The van der Waals surface area contributed by atoms with Gasteiger partial charge < -0.3 is 16.0 Å². The van der Waals surface area contributed by atoms with E-state index in [9.17, 15) is 4.79 Å². The van der Waals surface area contributed by atoms with Crippen molar-refractivity contribution in [3.05, 3.63) is 0 Å². The number of amides is 1. The summed E-state index contributed by atoms with van der Waals surface area (Å²) in [5.41, 5.74) is 5.94. The van der Waals surface area contributed by atoms with E-state index in [2.05, 4.69) is 10.2 Å². The third-order valence-corrected chi connectivity index (χ3v) is 4.17. The van der Waals surface area contributed by atoms with Crippen LogP contribution in [0.25, 0.3) is 0 Å². The molecule has 0 spiro atoms. The lowest BCUT2D eigenvalue weighted by Crippen LogP contribution is -2.44. The number of carbonyl (C=O) groups excluding carboxylic acids is 1. The summed E-state index contributed by atoms with van der Waals surface area (Å²) in [6.07, 6.45) is 9.13. The zero-order valence-electron chi connectivity index (χ0n) is 11.4. The Labute approximate surface area is 110 Å². The third-order valence-electron chi connectivity index (χ3n) is 4.17. The molecule has 1 heterocycles. The van der Waals surface area contributed by atoms with Gasteiger partial charge in [-0.25, -0.2) is 0 Å². The normalized spacial score (nSPS) is 27.1. The van der Waals surface area contributed by atoms with Gasteiger partial charge in [0.25, 0.3) is 0 Å². The topological polar surface area (TPSA) is 58.4 Å². The van der Waals surface area contributed by atoms with Crippen molar-refractivity contribution in [1.82, 2.24) is 10.2 Å². The minimum Gasteiger partial charge on any atom is -0.353 e. The van der Waals surface area contributed by atoms with Gasteiger partial charge in [-0.3, -0.25) is 4.79 Å². The lowest BCUT2D eigenvalue weighted by molar-refractivity contribution is -0.122. The zero-order chi connectivity index (χ0) is 12.8. The Morgan fingerprint density at radius 1 is 1.17 bits per heavy atom. The molecule has 4 nitrogen and oxygen atoms in total. The maximum Gasteiger partial charge on any atom is 0.221 e. The fraction of sp³-hybridized carbons (Fsp3) is 0.929. The number of hydrogen-bond donors (Lipinski definition) is 2. The average molecular weight is 253 g/mol. The Kier molecular flexibility index (Phi) is 5.45. The summed E-state index contributed by atoms with van der Waals surface area (Å²) in [6.45, 7) is 2.92. The molecule has 1 unspecified atom stereocenters. The highest BCUT2D eigenvalue weighted by molar-refractivity contribution is 5.76. The van der Waals surface area contributed by atoms with E-state index in [-0.39, 0.29) is 5.91 Å². The van der Waals surface area contributed by atoms with Gasteiger partial charge in [0.05, 0.1) is 0 Å². The zero-order valence-corrected chi connectivity index (χ0v) is 11.4. The molecule has 2 aliphatic rings. The Hall–Kier alpha value is -0.610. The SMILES string of the molecule is NC1CCCN(CCC(=O)NC2CCCCC2)C1. The maximum atomic E-state index is 11.9. The van der Waals surface area contributed by atoms with Gasteiger partial charge in [-0.15, -0.1) is 0 Å². The number of hydrogen-bond acceptors (Lipinski definition) is 3. The molecule has 2 fully saturated rings. The van der Waals surface area contributed by atoms with Crippen LogP contribution in [0.2, 0.25) is 0 Å². The molecule has 1 saturated heterocycles. The number of piperidine rings is 1. The standard InChI is InChI=1S/C14H27N3O/c15-12-5-4-9-17(11-12)10-8-14(18)16-13-6-2-1-3-7-13/h12-13H,1-11,15H2,(H,16,18). The summed E-state index contributed by atoms with van der Waals surface area (Å²) in [5, 5.41) is 3.17. The lowest BCUT2D eigenvalue weighted by atomic mass is 9.95. The van der Waals surface area contributed by atoms with E-state index in [1.807, 2.05) is 0 Å². The molecule has 1 aliphatic heterocycles. The molecule has 0 aromatic carbocycles. The predicted molar refractivity (Wildman–Crippen MR) is 73.3 cm³/mol. The van der Waals surface area contributed by atoms with Crippen molar-refractivity contribution in [2.24, 2.45) is 5.73 Å². The monoisotopic (exact) mass is 253 g/mol. The molecule has 18 heavy (non-hydrogen) atoms. The van der Waals surface area contributed by atoms with E-state index >= 15 is 0 Å². The number of carbonyl (C=O) groups is 1. The van der Waals surface area contributed by atoms with Gasteiger partial charge >= 0.3 is 0 Å². The van der Waals surface area contributed by atoms with Crippen molar-refractivity contribution < 1.29 is 4.79 Å². The van der Waals surface area contributed by atoms with Crippen LogP contribution >= 0.6 is 0 Å². The molecule has 0 radical (unpaired) electrons. The fourth-order valence-corrected chi connectivity index (χ4v) is 3.10. The Morgan fingerprint density at radius 3 is 2.67 bits per heavy atom. The molecule has 0 aromatic heterocycles. The van der Waals surface area contributed by atoms with Crippen molar-refractivity contribution in [3.8, 4) is 0 Å². The van der Waals surface area contributed by atoms with E-state index < -0.39 is 0 Å². The van der Waals surface area contributed by atoms with Gasteiger partial charge in [-0.2, -0.15) is 0 Å². The molecule has 2 rings (SSSR count). The summed E-state index contributed by atoms with van der Waals surface area (Å²) in [6, 6.07) is 0.745. The highest BCUT2D eigenvalue weighted by Gasteiger charge is 2.19. The summed E-state index contributed by atoms with van der Waals surface area (Å²) < 4.78 is 0. The van der Waals surface area contributed by atoms with Crippen molar-refractivity contribution in [1.29, 1.82) is 0 Å². The number of nitrogens with two attached hydrogens (primary N) is 1. The third kappa shape index (κ3) is 4.58. The molecule has 104 valence electrons. The van der Waals surface area contributed by atoms with Gasteiger partial charge in [-0.05, 0) is 32.2 Å². The van der Waals surface area contributed by atoms with Crippen molar-refractivity contribution in [3.63, 3.8) is 0 Å². The van der Waals surface area contributed by atoms with Gasteiger partial charge in [-0.1, -0.05) is 19.3 Å². The van der Waals surface area contributed by atoms with Crippen LogP contribution in [0, 0.1) is 0 Å². The highest BCUT2D eigenvalue weighted by Crippen LogP contribution is 2.17. The summed E-state index contributed by atoms with van der Waals surface area (Å²) in [5.74, 6) is 0.223. The molecule has 0 bridgehead atoms. The Bertz CT molecular complexity index is 264. The summed E-state index contributed by atoms with van der Waals surface area (Å²) in [4.78, 5) is 14.2. The molecule has 1 amide bonds. The number of likely N-dealkylation sites (tertiary alicyclic amines) is 1. The maximum absolute atomic E-state index is 11.9. The quantitative estimate of drug-likeness (QED) is 0.793. The Balaban J connectivity index is 1.61. The smallest absolute Gasteiger partial charge is 0.221 e. The molecule has 1 aliphatic carbocycles. The molecular formula is C14H27N3O. The van der Waals surface area contributed by atoms with E-state index in [4.69, 9.17) is 5.73 Å². The van der Waals surface area contributed by atoms with Crippen molar-refractivity contribution in [2.75, 3.05) is 19.6 Å². The van der Waals surface area contributed by atoms with Crippen LogP contribution in [0.3, 0.4) is 0 Å². The van der Waals surface area contributed by atoms with E-state index in [1.165, 1.54) is 38.5 Å². The second kappa shape index (κ2) is 7.10. The minimum atomic E-state index is 0.223. The molecule has 1 saturated carbocycles. The molecule has 1 atom stereocenters. The second-order valence-corrected chi connectivity index (χ2v) is 5.86. The van der Waals surface area contributed by atoms with Crippen molar-refractivity contribution >= 4 is 5.91 Å². The molecular weight excluding hydrogens is 226 g/mol. The van der Waals surface area contributed by atoms with Crippen LogP contribution in [0.1, 0.15) is 51.4 Å². The number of nitrogens with one attached hydrogen (secondary N) is 1. The van der Waals surface area contributed by atoms with Crippen LogP contribution in [0.15, 0.2) is 0 Å². The summed E-state index contributed by atoms with van der Waals surface area (Å²) >= 11 is 0. The average Bonchev–Trinajstić information content (AvgIpc) is 2.38. The van der Waals surface area contributed by atoms with Gasteiger partial charge in [0, 0.05) is 31.6 Å². The van der Waals surface area contributed by atoms with E-state index in [1.54, 1.807) is 0 Å². The van der Waals surface area contributed by atoms with E-state index in [0.717, 1.165) is 26.1 Å². The first-order valence-electron chi connectivity index (χ1n) is 7.51. The lowest BCUT2D eigenvalue weighted by Gasteiger charge is -2.30. The first-order chi connectivity index (χ1) is 8.74. The second-order valence-electron chi connectivity index (χ2n) is 5.86. The van der Waals surface area contributed by atoms with Gasteiger partial charge in [0.15, 0.2) is 0 Å². The number of rotatable bonds is 4. The van der Waals surface area contributed by atoms with Crippen LogP contribution in [0.4, 0.5) is 0 Å². The Morgan fingerprint density at radius 2 is 1.94 bits per heavy atom. The van der Waals surface area contributed by atoms with Gasteiger partial charge in [0.1, 0.15) is 0 Å². The molecule has 0 aromatic rings. The fourth-order valence-electron chi connectivity index (χ4n) is 3.10. The van der Waals surface area contributed by atoms with Crippen LogP contribution in [-0.2, 0) is 4.79 Å². The predicted octanol–water partition coefficient (Wildman–Crippen LogP) is 1.25.